The number of benzene rings is 7. The molecule has 0 saturated carbocycles. The molecule has 0 unspecified atom stereocenters. The van der Waals surface area contributed by atoms with Crippen molar-refractivity contribution in [2.45, 2.75) is 5.60 Å². The molecule has 9 rings (SSSR count). The van der Waals surface area contributed by atoms with Crippen LogP contribution in [0.4, 0.5) is 0 Å². The molecule has 0 N–H and O–H groups in total. The van der Waals surface area contributed by atoms with Gasteiger partial charge in [-0.15, -0.1) is 11.3 Å². The lowest BCUT2D eigenvalue weighted by Crippen LogP contribution is -2.34. The fourth-order valence-electron chi connectivity index (χ4n) is 7.23. The van der Waals surface area contributed by atoms with Gasteiger partial charge in [0.15, 0.2) is 11.0 Å². The van der Waals surface area contributed by atoms with Gasteiger partial charge in [0.2, 0.25) is 0 Å². The molecular formula is C46H32O4S. The fourth-order valence-corrected chi connectivity index (χ4v) is 8.28. The van der Waals surface area contributed by atoms with Gasteiger partial charge in [0.1, 0.15) is 17.2 Å². The van der Waals surface area contributed by atoms with Crippen molar-refractivity contribution in [2.75, 3.05) is 14.2 Å². The Kier molecular flexibility index (Phi) is 7.45. The smallest absolute Gasteiger partial charge is 0.195 e. The van der Waals surface area contributed by atoms with E-state index < -0.39 is 5.60 Å². The Balaban J connectivity index is 1.13. The molecule has 51 heavy (non-hydrogen) atoms. The molecule has 5 heteroatoms. The van der Waals surface area contributed by atoms with Crippen LogP contribution in [0, 0.1) is 0 Å². The van der Waals surface area contributed by atoms with Crippen molar-refractivity contribution in [2.24, 2.45) is 0 Å². The number of hydrogen-bond donors (Lipinski definition) is 0. The second-order valence-electron chi connectivity index (χ2n) is 12.7. The molecule has 1 aliphatic rings. The molecular weight excluding hydrogens is 649 g/mol. The monoisotopic (exact) mass is 680 g/mol. The molecule has 0 radical (unpaired) electrons. The maximum atomic E-state index is 13.4. The summed E-state index contributed by atoms with van der Waals surface area (Å²) in [5.74, 6) is 2.41. The Morgan fingerprint density at radius 1 is 0.549 bits per heavy atom. The van der Waals surface area contributed by atoms with Gasteiger partial charge in [0.25, 0.3) is 0 Å². The van der Waals surface area contributed by atoms with Crippen LogP contribution in [0.1, 0.15) is 16.7 Å². The third kappa shape index (κ3) is 5.17. The van der Waals surface area contributed by atoms with Crippen molar-refractivity contribution in [3.8, 4) is 39.5 Å². The largest absolute Gasteiger partial charge is 0.497 e. The quantitative estimate of drug-likeness (QED) is 0.164. The first kappa shape index (κ1) is 30.9. The van der Waals surface area contributed by atoms with Gasteiger partial charge < -0.3 is 14.2 Å². The lowest BCUT2D eigenvalue weighted by atomic mass is 9.82. The Bertz CT molecular complexity index is 2640. The average Bonchev–Trinajstić information content (AvgIpc) is 3.20. The standard InChI is InChI=1S/C46H32O4S/c1-48-35-20-16-33(17-21-35)46(34-18-22-36(49-2)23-19-34)26-25-32-28-40(37-7-3-4-8-38(37)45(32)50-46)30-13-11-29(12-14-30)31-15-24-43-41(27-31)44(47)39-9-5-6-10-42(39)51-43/h3-28H,1-2H3. The van der Waals surface area contributed by atoms with E-state index >= 15 is 0 Å². The molecule has 0 aliphatic carbocycles. The second-order valence-corrected chi connectivity index (χ2v) is 13.8. The molecule has 1 aromatic heterocycles. The summed E-state index contributed by atoms with van der Waals surface area (Å²) in [6.07, 6.45) is 4.33. The molecule has 7 aromatic carbocycles. The number of ether oxygens (including phenoxy) is 3. The Hall–Kier alpha value is -6.17. The van der Waals surface area contributed by atoms with Crippen LogP contribution in [0.2, 0.25) is 0 Å². The zero-order chi connectivity index (χ0) is 34.5. The zero-order valence-corrected chi connectivity index (χ0v) is 28.9. The third-order valence-electron chi connectivity index (χ3n) is 9.93. The Morgan fingerprint density at radius 2 is 1.12 bits per heavy atom. The van der Waals surface area contributed by atoms with Crippen LogP contribution in [0.25, 0.3) is 59.3 Å². The van der Waals surface area contributed by atoms with Crippen LogP contribution < -0.4 is 19.6 Å². The van der Waals surface area contributed by atoms with E-state index in [9.17, 15) is 4.79 Å². The van der Waals surface area contributed by atoms with Gasteiger partial charge >= 0.3 is 0 Å². The maximum absolute atomic E-state index is 13.4. The predicted octanol–water partition coefficient (Wildman–Crippen LogP) is 11.3. The van der Waals surface area contributed by atoms with E-state index in [4.69, 9.17) is 14.2 Å². The molecule has 0 bridgehead atoms. The van der Waals surface area contributed by atoms with Gasteiger partial charge in [-0.1, -0.05) is 97.1 Å². The molecule has 0 atom stereocenters. The van der Waals surface area contributed by atoms with Gasteiger partial charge in [-0.2, -0.15) is 0 Å². The van der Waals surface area contributed by atoms with Crippen molar-refractivity contribution < 1.29 is 14.2 Å². The number of hydrogen-bond acceptors (Lipinski definition) is 5. The normalized spacial score (nSPS) is 13.2. The van der Waals surface area contributed by atoms with Gasteiger partial charge in [-0.05, 0) is 88.3 Å². The summed E-state index contributed by atoms with van der Waals surface area (Å²) in [6.45, 7) is 0. The highest BCUT2D eigenvalue weighted by Crippen LogP contribution is 2.48. The molecule has 2 heterocycles. The van der Waals surface area contributed by atoms with Crippen LogP contribution in [-0.2, 0) is 5.60 Å². The summed E-state index contributed by atoms with van der Waals surface area (Å²) in [5.41, 5.74) is 6.52. The highest BCUT2D eigenvalue weighted by molar-refractivity contribution is 7.24. The predicted molar refractivity (Wildman–Crippen MR) is 210 cm³/mol. The van der Waals surface area contributed by atoms with E-state index in [1.807, 2.05) is 54.6 Å². The minimum absolute atomic E-state index is 0.0802. The van der Waals surface area contributed by atoms with Crippen molar-refractivity contribution in [1.82, 2.24) is 0 Å². The number of rotatable bonds is 6. The first-order valence-electron chi connectivity index (χ1n) is 16.8. The summed E-state index contributed by atoms with van der Waals surface area (Å²) < 4.78 is 20.2. The minimum atomic E-state index is -0.867. The molecule has 246 valence electrons. The van der Waals surface area contributed by atoms with E-state index in [0.29, 0.717) is 0 Å². The summed E-state index contributed by atoms with van der Waals surface area (Å²) in [7, 11) is 3.35. The average molecular weight is 681 g/mol. The van der Waals surface area contributed by atoms with Crippen LogP contribution in [0.5, 0.6) is 17.2 Å². The van der Waals surface area contributed by atoms with E-state index in [1.165, 1.54) is 0 Å². The van der Waals surface area contributed by atoms with Crippen LogP contribution in [0.3, 0.4) is 0 Å². The molecule has 0 spiro atoms. The fraction of sp³-hybridized carbons (Fsp3) is 0.0652. The molecule has 0 saturated heterocycles. The first-order chi connectivity index (χ1) is 25.0. The SMILES string of the molecule is COc1ccc(C2(c3ccc(OC)cc3)C=Cc3cc(-c4ccc(-c5ccc6sc7ccccc7c(=O)c6c5)cc4)c4ccccc4c3O2)cc1. The maximum Gasteiger partial charge on any atom is 0.195 e. The van der Waals surface area contributed by atoms with Gasteiger partial charge in [-0.25, -0.2) is 0 Å². The van der Waals surface area contributed by atoms with Crippen LogP contribution in [-0.4, -0.2) is 14.2 Å². The second kappa shape index (κ2) is 12.3. The lowest BCUT2D eigenvalue weighted by Gasteiger charge is -2.37. The van der Waals surface area contributed by atoms with Crippen LogP contribution in [0.15, 0.2) is 156 Å². The molecule has 1 aliphatic heterocycles. The highest BCUT2D eigenvalue weighted by Gasteiger charge is 2.38. The van der Waals surface area contributed by atoms with Gasteiger partial charge in [-0.3, -0.25) is 4.79 Å². The molecule has 0 fully saturated rings. The summed E-state index contributed by atoms with van der Waals surface area (Å²) >= 11 is 1.66. The van der Waals surface area contributed by atoms with Crippen LogP contribution >= 0.6 is 11.3 Å². The molecule has 8 aromatic rings. The Labute approximate surface area is 299 Å². The lowest BCUT2D eigenvalue weighted by molar-refractivity contribution is 0.163. The first-order valence-corrected chi connectivity index (χ1v) is 17.7. The number of fused-ring (bicyclic) bond motifs is 5. The van der Waals surface area contributed by atoms with E-state index in [0.717, 1.165) is 87.1 Å². The minimum Gasteiger partial charge on any atom is -0.497 e. The molecule has 4 nitrogen and oxygen atoms in total. The van der Waals surface area contributed by atoms with E-state index in [2.05, 4.69) is 103 Å². The topological polar surface area (TPSA) is 44.8 Å². The summed E-state index contributed by atoms with van der Waals surface area (Å²) in [5, 5.41) is 3.67. The molecule has 0 amide bonds. The summed E-state index contributed by atoms with van der Waals surface area (Å²) in [6, 6.07) is 49.4. The van der Waals surface area contributed by atoms with E-state index in [-0.39, 0.29) is 5.43 Å². The zero-order valence-electron chi connectivity index (χ0n) is 28.1. The summed E-state index contributed by atoms with van der Waals surface area (Å²) in [4.78, 5) is 13.4. The van der Waals surface area contributed by atoms with Crippen molar-refractivity contribution in [3.63, 3.8) is 0 Å². The van der Waals surface area contributed by atoms with E-state index in [1.54, 1.807) is 25.6 Å². The highest BCUT2D eigenvalue weighted by atomic mass is 32.1. The van der Waals surface area contributed by atoms with Crippen molar-refractivity contribution in [3.05, 3.63) is 179 Å². The number of methoxy groups -OCH3 is 2. The van der Waals surface area contributed by atoms with Gasteiger partial charge in [0, 0.05) is 42.2 Å². The third-order valence-corrected chi connectivity index (χ3v) is 11.1. The van der Waals surface area contributed by atoms with Crippen molar-refractivity contribution >= 4 is 48.4 Å². The Morgan fingerprint density at radius 3 is 1.78 bits per heavy atom. The van der Waals surface area contributed by atoms with Gasteiger partial charge in [0.05, 0.1) is 14.2 Å². The van der Waals surface area contributed by atoms with Crippen molar-refractivity contribution in [1.29, 1.82) is 0 Å².